The van der Waals surface area contributed by atoms with Gasteiger partial charge < -0.3 is 4.74 Å². The van der Waals surface area contributed by atoms with Crippen molar-refractivity contribution in [3.63, 3.8) is 0 Å². The number of esters is 1. The molecule has 0 bridgehead atoms. The molecule has 186 valence electrons. The van der Waals surface area contributed by atoms with Crippen molar-refractivity contribution >= 4 is 34.9 Å². The molecule has 0 unspecified atom stereocenters. The Bertz CT molecular complexity index is 1600. The van der Waals surface area contributed by atoms with Gasteiger partial charge in [-0.05, 0) is 18.2 Å². The molecule has 38 heavy (non-hydrogen) atoms. The van der Waals surface area contributed by atoms with Gasteiger partial charge in [-0.2, -0.15) is 0 Å². The number of nitro benzene ring substituents is 1. The van der Waals surface area contributed by atoms with Crippen LogP contribution in [-0.2, 0) is 4.74 Å². The number of ketones is 1. The fourth-order valence-corrected chi connectivity index (χ4v) is 4.30. The van der Waals surface area contributed by atoms with E-state index in [0.717, 1.165) is 6.07 Å². The second kappa shape index (κ2) is 9.90. The van der Waals surface area contributed by atoms with Crippen molar-refractivity contribution in [2.45, 2.75) is 6.10 Å². The molecule has 0 saturated heterocycles. The molecule has 4 aromatic carbocycles. The molecule has 0 spiro atoms. The number of ether oxygens (including phenoxy) is 1. The Morgan fingerprint density at radius 3 is 2.08 bits per heavy atom. The van der Waals surface area contributed by atoms with Crippen molar-refractivity contribution in [3.8, 4) is 0 Å². The summed E-state index contributed by atoms with van der Waals surface area (Å²) >= 11 is 0. The van der Waals surface area contributed by atoms with Crippen molar-refractivity contribution in [1.29, 1.82) is 0 Å². The maximum atomic E-state index is 13.5. The summed E-state index contributed by atoms with van der Waals surface area (Å²) in [5.41, 5.74) is -0.524. The number of Topliss-reactive ketones (excluding diaryl/α,β-unsaturated/α-hetero) is 1. The highest BCUT2D eigenvalue weighted by atomic mass is 16.6. The number of imide groups is 1. The van der Waals surface area contributed by atoms with Crippen LogP contribution in [0.25, 0.3) is 0 Å². The van der Waals surface area contributed by atoms with Crippen LogP contribution in [0.15, 0.2) is 103 Å². The summed E-state index contributed by atoms with van der Waals surface area (Å²) < 4.78 is 5.70. The molecule has 1 heterocycles. The van der Waals surface area contributed by atoms with Gasteiger partial charge in [0.05, 0.1) is 21.7 Å². The van der Waals surface area contributed by atoms with E-state index < -0.39 is 40.3 Å². The Morgan fingerprint density at radius 2 is 1.39 bits per heavy atom. The van der Waals surface area contributed by atoms with Gasteiger partial charge in [-0.25, -0.2) is 9.69 Å². The third-order valence-electron chi connectivity index (χ3n) is 6.08. The van der Waals surface area contributed by atoms with Gasteiger partial charge in [-0.1, -0.05) is 78.9 Å². The van der Waals surface area contributed by atoms with E-state index in [9.17, 15) is 29.3 Å². The lowest BCUT2D eigenvalue weighted by atomic mass is 9.99. The molecule has 9 nitrogen and oxygen atoms in total. The van der Waals surface area contributed by atoms with Crippen LogP contribution < -0.4 is 4.90 Å². The van der Waals surface area contributed by atoms with E-state index >= 15 is 0 Å². The van der Waals surface area contributed by atoms with E-state index in [1.54, 1.807) is 60.7 Å². The number of rotatable bonds is 7. The summed E-state index contributed by atoms with van der Waals surface area (Å²) in [6.45, 7) is 0. The first kappa shape index (κ1) is 24.3. The fourth-order valence-electron chi connectivity index (χ4n) is 4.30. The van der Waals surface area contributed by atoms with Crippen molar-refractivity contribution in [2.24, 2.45) is 0 Å². The van der Waals surface area contributed by atoms with Crippen LogP contribution in [0.5, 0.6) is 0 Å². The zero-order valence-corrected chi connectivity index (χ0v) is 19.6. The van der Waals surface area contributed by atoms with Gasteiger partial charge >= 0.3 is 5.97 Å². The predicted molar refractivity (Wildman–Crippen MR) is 136 cm³/mol. The van der Waals surface area contributed by atoms with E-state index in [2.05, 4.69) is 0 Å². The lowest BCUT2D eigenvalue weighted by Gasteiger charge is -2.21. The highest BCUT2D eigenvalue weighted by Gasteiger charge is 2.43. The fraction of sp³-hybridized carbons (Fsp3) is 0.0345. The number of para-hydroxylation sites is 1. The molecule has 0 fully saturated rings. The molecule has 0 aliphatic carbocycles. The van der Waals surface area contributed by atoms with E-state index in [1.165, 1.54) is 36.4 Å². The molecule has 9 heteroatoms. The summed E-state index contributed by atoms with van der Waals surface area (Å²) in [5, 5.41) is 11.5. The second-order valence-electron chi connectivity index (χ2n) is 8.35. The van der Waals surface area contributed by atoms with E-state index in [4.69, 9.17) is 4.74 Å². The lowest BCUT2D eigenvalue weighted by molar-refractivity contribution is -0.385. The van der Waals surface area contributed by atoms with Gasteiger partial charge in [0.25, 0.3) is 17.5 Å². The third-order valence-corrected chi connectivity index (χ3v) is 6.08. The van der Waals surface area contributed by atoms with Gasteiger partial charge in [0.1, 0.15) is 5.56 Å². The number of carbonyl (C=O) groups excluding carboxylic acids is 4. The molecule has 0 saturated carbocycles. The molecule has 0 radical (unpaired) electrons. The number of anilines is 1. The molecule has 0 N–H and O–H groups in total. The Kier molecular flexibility index (Phi) is 6.32. The molecule has 1 aliphatic heterocycles. The largest absolute Gasteiger partial charge is 0.445 e. The van der Waals surface area contributed by atoms with E-state index in [-0.39, 0.29) is 22.4 Å². The van der Waals surface area contributed by atoms with Crippen molar-refractivity contribution in [3.05, 3.63) is 141 Å². The zero-order chi connectivity index (χ0) is 26.8. The molecule has 4 aromatic rings. The first-order valence-corrected chi connectivity index (χ1v) is 11.5. The minimum absolute atomic E-state index is 0.114. The number of benzene rings is 4. The molecule has 1 atom stereocenters. The van der Waals surface area contributed by atoms with Crippen molar-refractivity contribution < 1.29 is 28.8 Å². The summed E-state index contributed by atoms with van der Waals surface area (Å²) in [5.74, 6) is -3.16. The minimum Gasteiger partial charge on any atom is -0.445 e. The summed E-state index contributed by atoms with van der Waals surface area (Å²) in [6, 6.07) is 26.3. The van der Waals surface area contributed by atoms with Crippen molar-refractivity contribution in [2.75, 3.05) is 4.90 Å². The summed E-state index contributed by atoms with van der Waals surface area (Å²) in [6.07, 6.45) is -1.30. The van der Waals surface area contributed by atoms with Gasteiger partial charge in [-0.15, -0.1) is 0 Å². The summed E-state index contributed by atoms with van der Waals surface area (Å²) in [4.78, 5) is 64.7. The second-order valence-corrected chi connectivity index (χ2v) is 8.35. The first-order valence-electron chi connectivity index (χ1n) is 11.5. The highest BCUT2D eigenvalue weighted by molar-refractivity contribution is 6.36. The number of carbonyl (C=O) groups is 4. The van der Waals surface area contributed by atoms with Crippen LogP contribution in [0, 0.1) is 10.1 Å². The van der Waals surface area contributed by atoms with Crippen LogP contribution >= 0.6 is 0 Å². The maximum absolute atomic E-state index is 13.5. The molecule has 5 rings (SSSR count). The Balaban J connectivity index is 1.53. The third kappa shape index (κ3) is 4.22. The molecular formula is C29H18N2O7. The SMILES string of the molecule is O=C(O[C@H](C(=O)c1ccccc1)c1ccccc1)c1ccccc1N1C(=O)c2cccc([N+](=O)[O-])c2C1=O. The van der Waals surface area contributed by atoms with Crippen molar-refractivity contribution in [1.82, 2.24) is 0 Å². The number of amides is 2. The molecule has 1 aliphatic rings. The van der Waals surface area contributed by atoms with Crippen LogP contribution in [0.2, 0.25) is 0 Å². The number of hydrogen-bond acceptors (Lipinski definition) is 7. The number of nitrogens with zero attached hydrogens (tertiary/aromatic N) is 2. The predicted octanol–water partition coefficient (Wildman–Crippen LogP) is 5.18. The molecule has 0 aromatic heterocycles. The quantitative estimate of drug-likeness (QED) is 0.111. The first-order chi connectivity index (χ1) is 18.4. The molecule has 2 amide bonds. The standard InChI is InChI=1S/C29H18N2O7/c32-25(18-10-3-1-4-11-18)26(19-12-5-2-6-13-19)38-29(35)20-14-7-8-16-22(20)30-27(33)21-15-9-17-23(31(36)37)24(21)28(30)34/h1-17,26H/t26-/m0/s1. The molecular weight excluding hydrogens is 488 g/mol. The number of nitro groups is 1. The minimum atomic E-state index is -1.30. The normalized spacial score (nSPS) is 13.1. The maximum Gasteiger partial charge on any atom is 0.341 e. The number of hydrogen-bond donors (Lipinski definition) is 0. The van der Waals surface area contributed by atoms with Crippen LogP contribution in [0.4, 0.5) is 11.4 Å². The average molecular weight is 506 g/mol. The smallest absolute Gasteiger partial charge is 0.341 e. The number of fused-ring (bicyclic) bond motifs is 1. The van der Waals surface area contributed by atoms with E-state index in [0.29, 0.717) is 16.0 Å². The van der Waals surface area contributed by atoms with Gasteiger partial charge in [0.15, 0.2) is 6.10 Å². The Labute approximate surface area is 216 Å². The monoisotopic (exact) mass is 506 g/mol. The topological polar surface area (TPSA) is 124 Å². The lowest BCUT2D eigenvalue weighted by Crippen LogP contribution is -2.31. The van der Waals surface area contributed by atoms with Gasteiger partial charge in [-0.3, -0.25) is 24.5 Å². The Morgan fingerprint density at radius 1 is 0.763 bits per heavy atom. The van der Waals surface area contributed by atoms with Crippen LogP contribution in [0.1, 0.15) is 53.1 Å². The Hall–Kier alpha value is -5.44. The van der Waals surface area contributed by atoms with Crippen LogP contribution in [0.3, 0.4) is 0 Å². The summed E-state index contributed by atoms with van der Waals surface area (Å²) in [7, 11) is 0. The van der Waals surface area contributed by atoms with Gasteiger partial charge in [0.2, 0.25) is 5.78 Å². The van der Waals surface area contributed by atoms with Crippen LogP contribution in [-0.4, -0.2) is 28.5 Å². The van der Waals surface area contributed by atoms with Gasteiger partial charge in [0, 0.05) is 17.2 Å². The average Bonchev–Trinajstić information content (AvgIpc) is 3.21. The van der Waals surface area contributed by atoms with E-state index in [1.807, 2.05) is 0 Å². The zero-order valence-electron chi connectivity index (χ0n) is 19.6. The highest BCUT2D eigenvalue weighted by Crippen LogP contribution is 2.36.